The van der Waals surface area contributed by atoms with Crippen molar-refractivity contribution in [3.05, 3.63) is 11.1 Å². The van der Waals surface area contributed by atoms with Crippen molar-refractivity contribution in [2.24, 2.45) is 5.73 Å². The number of aryl methyl sites for hydroxylation is 1. The van der Waals surface area contributed by atoms with Gasteiger partial charge in [0.15, 0.2) is 5.13 Å². The van der Waals surface area contributed by atoms with Crippen LogP contribution in [0.3, 0.4) is 0 Å². The number of nitrogens with two attached hydrogens (primary N) is 1. The number of anilines is 1. The summed E-state index contributed by atoms with van der Waals surface area (Å²) in [7, 11) is 0. The molecule has 2 heterocycles. The number of hydrogen-bond acceptors (Lipinski definition) is 5. The van der Waals surface area contributed by atoms with Gasteiger partial charge in [-0.05, 0) is 20.3 Å². The summed E-state index contributed by atoms with van der Waals surface area (Å²) in [5.41, 5.74) is 5.97. The summed E-state index contributed by atoms with van der Waals surface area (Å²) >= 11 is 1.83. The van der Waals surface area contributed by atoms with Gasteiger partial charge in [-0.1, -0.05) is 6.92 Å². The van der Waals surface area contributed by atoms with Crippen molar-refractivity contribution in [1.29, 1.82) is 0 Å². The fraction of sp³-hybridized carbons (Fsp3) is 0.769. The molecule has 1 saturated heterocycles. The predicted octanol–water partition coefficient (Wildman–Crippen LogP) is 1.56. The lowest BCUT2D eigenvalue weighted by molar-refractivity contribution is 0.214. The summed E-state index contributed by atoms with van der Waals surface area (Å²) in [5, 5.41) is 1.18. The van der Waals surface area contributed by atoms with Gasteiger partial charge in [-0.2, -0.15) is 0 Å². The van der Waals surface area contributed by atoms with Gasteiger partial charge < -0.3 is 10.6 Å². The largest absolute Gasteiger partial charge is 0.346 e. The Morgan fingerprint density at radius 1 is 1.33 bits per heavy atom. The van der Waals surface area contributed by atoms with Crippen LogP contribution in [0.15, 0.2) is 6.20 Å². The van der Waals surface area contributed by atoms with Crippen LogP contribution in [-0.4, -0.2) is 48.1 Å². The third kappa shape index (κ3) is 3.67. The van der Waals surface area contributed by atoms with Crippen LogP contribution in [0.2, 0.25) is 0 Å². The minimum absolute atomic E-state index is 0.0985. The van der Waals surface area contributed by atoms with Gasteiger partial charge in [0.25, 0.3) is 0 Å². The highest BCUT2D eigenvalue weighted by atomic mass is 32.1. The van der Waals surface area contributed by atoms with Crippen molar-refractivity contribution >= 4 is 16.5 Å². The van der Waals surface area contributed by atoms with E-state index in [1.54, 1.807) is 0 Å². The fourth-order valence-electron chi connectivity index (χ4n) is 2.28. The summed E-state index contributed by atoms with van der Waals surface area (Å²) in [6, 6.07) is 0. The highest BCUT2D eigenvalue weighted by molar-refractivity contribution is 7.15. The molecule has 1 fully saturated rings. The Kier molecular flexibility index (Phi) is 4.25. The number of nitrogens with zero attached hydrogens (tertiary/aromatic N) is 3. The second-order valence-electron chi connectivity index (χ2n) is 5.71. The molecular formula is C13H24N4S. The average Bonchev–Trinajstić information content (AvgIpc) is 2.76. The van der Waals surface area contributed by atoms with E-state index in [0.717, 1.165) is 39.1 Å². The number of hydrogen-bond donors (Lipinski definition) is 1. The number of aromatic nitrogens is 1. The number of rotatable bonds is 4. The molecule has 2 rings (SSSR count). The molecule has 0 unspecified atom stereocenters. The van der Waals surface area contributed by atoms with Gasteiger partial charge in [-0.25, -0.2) is 4.98 Å². The molecule has 0 bridgehead atoms. The molecule has 1 aliphatic heterocycles. The van der Waals surface area contributed by atoms with Crippen LogP contribution in [0.4, 0.5) is 5.13 Å². The Bertz CT molecular complexity index is 375. The van der Waals surface area contributed by atoms with Gasteiger partial charge in [-0.15, -0.1) is 11.3 Å². The predicted molar refractivity (Wildman–Crippen MR) is 78.4 cm³/mol. The van der Waals surface area contributed by atoms with Crippen molar-refractivity contribution in [2.75, 3.05) is 37.6 Å². The fourth-order valence-corrected chi connectivity index (χ4v) is 3.18. The van der Waals surface area contributed by atoms with Crippen molar-refractivity contribution in [1.82, 2.24) is 9.88 Å². The molecule has 0 atom stereocenters. The summed E-state index contributed by atoms with van der Waals surface area (Å²) < 4.78 is 0. The van der Waals surface area contributed by atoms with Gasteiger partial charge in [0.1, 0.15) is 0 Å². The van der Waals surface area contributed by atoms with E-state index in [4.69, 9.17) is 5.73 Å². The molecule has 4 nitrogen and oxygen atoms in total. The van der Waals surface area contributed by atoms with E-state index < -0.39 is 0 Å². The monoisotopic (exact) mass is 268 g/mol. The van der Waals surface area contributed by atoms with Crippen LogP contribution in [-0.2, 0) is 6.42 Å². The summed E-state index contributed by atoms with van der Waals surface area (Å²) in [6.07, 6.45) is 3.09. The van der Waals surface area contributed by atoms with E-state index in [2.05, 4.69) is 35.6 Å². The zero-order valence-electron chi connectivity index (χ0n) is 11.6. The van der Waals surface area contributed by atoms with Gasteiger partial charge in [-0.3, -0.25) is 4.90 Å². The van der Waals surface area contributed by atoms with E-state index in [9.17, 15) is 0 Å². The Labute approximate surface area is 114 Å². The van der Waals surface area contributed by atoms with E-state index in [-0.39, 0.29) is 5.54 Å². The quantitative estimate of drug-likeness (QED) is 0.900. The van der Waals surface area contributed by atoms with Crippen LogP contribution >= 0.6 is 11.3 Å². The molecule has 0 spiro atoms. The molecule has 2 N–H and O–H groups in total. The molecule has 5 heteroatoms. The van der Waals surface area contributed by atoms with Crippen LogP contribution in [0, 0.1) is 0 Å². The molecule has 1 aromatic heterocycles. The van der Waals surface area contributed by atoms with Gasteiger partial charge in [0, 0.05) is 49.3 Å². The normalized spacial score (nSPS) is 18.3. The van der Waals surface area contributed by atoms with Crippen LogP contribution in [0.25, 0.3) is 0 Å². The first-order chi connectivity index (χ1) is 8.48. The lowest BCUT2D eigenvalue weighted by Gasteiger charge is -2.37. The summed E-state index contributed by atoms with van der Waals surface area (Å²) in [4.78, 5) is 10.7. The average molecular weight is 268 g/mol. The highest BCUT2D eigenvalue weighted by Gasteiger charge is 2.23. The molecule has 0 amide bonds. The standard InChI is InChI=1S/C13H24N4S/c1-4-11-9-15-12(18-11)17-7-5-16(6-8-17)10-13(2,3)14/h9H,4-8,10,14H2,1-3H3. The van der Waals surface area contributed by atoms with Crippen molar-refractivity contribution in [3.8, 4) is 0 Å². The van der Waals surface area contributed by atoms with E-state index >= 15 is 0 Å². The molecule has 0 aromatic carbocycles. The molecule has 1 aromatic rings. The van der Waals surface area contributed by atoms with Crippen molar-refractivity contribution < 1.29 is 0 Å². The number of thiazole rings is 1. The van der Waals surface area contributed by atoms with E-state index in [1.165, 1.54) is 10.0 Å². The van der Waals surface area contributed by atoms with E-state index in [0.29, 0.717) is 0 Å². The maximum absolute atomic E-state index is 6.07. The molecule has 0 radical (unpaired) electrons. The second-order valence-corrected chi connectivity index (χ2v) is 6.81. The lowest BCUT2D eigenvalue weighted by atomic mass is 10.1. The first-order valence-electron chi connectivity index (χ1n) is 6.69. The summed E-state index contributed by atoms with van der Waals surface area (Å²) in [6.45, 7) is 11.6. The molecule has 0 saturated carbocycles. The van der Waals surface area contributed by atoms with Gasteiger partial charge >= 0.3 is 0 Å². The zero-order valence-corrected chi connectivity index (χ0v) is 12.5. The second kappa shape index (κ2) is 5.55. The molecule has 102 valence electrons. The van der Waals surface area contributed by atoms with Gasteiger partial charge in [0.05, 0.1) is 0 Å². The van der Waals surface area contributed by atoms with Crippen molar-refractivity contribution in [2.45, 2.75) is 32.7 Å². The Balaban J connectivity index is 1.86. The Morgan fingerprint density at radius 2 is 2.00 bits per heavy atom. The molecule has 18 heavy (non-hydrogen) atoms. The Morgan fingerprint density at radius 3 is 2.50 bits per heavy atom. The minimum Gasteiger partial charge on any atom is -0.346 e. The lowest BCUT2D eigenvalue weighted by Crippen LogP contribution is -2.53. The summed E-state index contributed by atoms with van der Waals surface area (Å²) in [5.74, 6) is 0. The first kappa shape index (κ1) is 13.8. The van der Waals surface area contributed by atoms with Crippen LogP contribution < -0.4 is 10.6 Å². The highest BCUT2D eigenvalue weighted by Crippen LogP contribution is 2.24. The smallest absolute Gasteiger partial charge is 0.185 e. The minimum atomic E-state index is -0.0985. The van der Waals surface area contributed by atoms with Crippen LogP contribution in [0.5, 0.6) is 0 Å². The number of piperazine rings is 1. The topological polar surface area (TPSA) is 45.4 Å². The van der Waals surface area contributed by atoms with Crippen LogP contribution in [0.1, 0.15) is 25.6 Å². The van der Waals surface area contributed by atoms with E-state index in [1.807, 2.05) is 17.5 Å². The first-order valence-corrected chi connectivity index (χ1v) is 7.50. The zero-order chi connectivity index (χ0) is 13.2. The SMILES string of the molecule is CCc1cnc(N2CCN(CC(C)(C)N)CC2)s1. The molecular weight excluding hydrogens is 244 g/mol. The Hall–Kier alpha value is -0.650. The molecule has 0 aliphatic carbocycles. The molecule has 1 aliphatic rings. The van der Waals surface area contributed by atoms with Crippen molar-refractivity contribution in [3.63, 3.8) is 0 Å². The third-order valence-electron chi connectivity index (χ3n) is 3.16. The third-order valence-corrected chi connectivity index (χ3v) is 4.37. The maximum Gasteiger partial charge on any atom is 0.185 e. The maximum atomic E-state index is 6.07. The van der Waals surface area contributed by atoms with Gasteiger partial charge in [0.2, 0.25) is 0 Å².